The van der Waals surface area contributed by atoms with E-state index in [0.29, 0.717) is 11.6 Å². The molecule has 0 aromatic heterocycles. The van der Waals surface area contributed by atoms with E-state index in [4.69, 9.17) is 21.6 Å². The first-order chi connectivity index (χ1) is 6.81. The van der Waals surface area contributed by atoms with Crippen molar-refractivity contribution in [1.82, 2.24) is 0 Å². The van der Waals surface area contributed by atoms with Crippen LogP contribution in [0.5, 0.6) is 5.75 Å². The quantitative estimate of drug-likeness (QED) is 0.610. The molecule has 0 atom stereocenters. The molecule has 0 saturated carbocycles. The summed E-state index contributed by atoms with van der Waals surface area (Å²) in [4.78, 5) is 0. The average molecular weight is 206 g/mol. The van der Waals surface area contributed by atoms with Crippen LogP contribution in [0.2, 0.25) is 5.02 Å². The summed E-state index contributed by atoms with van der Waals surface area (Å²) in [5, 5.41) is 9.26. The van der Waals surface area contributed by atoms with Gasteiger partial charge in [-0.15, -0.1) is 0 Å². The first-order valence-electron chi connectivity index (χ1n) is 4.32. The van der Waals surface area contributed by atoms with Gasteiger partial charge in [0.05, 0.1) is 12.7 Å². The molecule has 1 heterocycles. The lowest BCUT2D eigenvalue weighted by Gasteiger charge is -2.19. The molecular formula is C11H8ClNO. The van der Waals surface area contributed by atoms with Crippen LogP contribution in [0, 0.1) is 11.3 Å². The number of nitrogens with zero attached hydrogens (tertiary/aromatic N) is 1. The first-order valence-corrected chi connectivity index (χ1v) is 4.70. The van der Waals surface area contributed by atoms with E-state index in [1.807, 2.05) is 12.1 Å². The number of ether oxygens (including phenoxy) is 1. The fourth-order valence-corrected chi connectivity index (χ4v) is 1.68. The Morgan fingerprint density at radius 2 is 2.36 bits per heavy atom. The van der Waals surface area contributed by atoms with Gasteiger partial charge in [-0.3, -0.25) is 0 Å². The second-order valence-electron chi connectivity index (χ2n) is 3.04. The van der Waals surface area contributed by atoms with Crippen molar-refractivity contribution in [2.24, 2.45) is 0 Å². The average Bonchev–Trinajstić information content (AvgIpc) is 2.18. The van der Waals surface area contributed by atoms with E-state index in [-0.39, 0.29) is 0 Å². The smallest absolute Gasteiger partial charge is 0.128 e. The summed E-state index contributed by atoms with van der Waals surface area (Å²) in [6.45, 7) is 0.612. The fraction of sp³-hybridized carbons (Fsp3) is 0.182. The summed E-state index contributed by atoms with van der Waals surface area (Å²) in [5.74, 6) is 0.769. The van der Waals surface area contributed by atoms with Crippen molar-refractivity contribution < 1.29 is 4.74 Å². The number of nitriles is 1. The van der Waals surface area contributed by atoms with Gasteiger partial charge in [-0.2, -0.15) is 5.26 Å². The molecule has 0 saturated heterocycles. The monoisotopic (exact) mass is 205 g/mol. The van der Waals surface area contributed by atoms with Crippen LogP contribution in [0.1, 0.15) is 12.0 Å². The summed E-state index contributed by atoms with van der Waals surface area (Å²) in [7, 11) is 0. The van der Waals surface area contributed by atoms with E-state index in [1.165, 1.54) is 0 Å². The van der Waals surface area contributed by atoms with Crippen LogP contribution in [-0.2, 0) is 0 Å². The van der Waals surface area contributed by atoms with Gasteiger partial charge in [0.2, 0.25) is 0 Å². The number of halogens is 1. The Balaban J connectivity index is 2.51. The molecule has 1 aromatic rings. The molecule has 3 heteroatoms. The molecule has 2 nitrogen and oxygen atoms in total. The zero-order valence-electron chi connectivity index (χ0n) is 7.46. The normalized spacial score (nSPS) is 17.0. The third-order valence-corrected chi connectivity index (χ3v) is 2.39. The third-order valence-electron chi connectivity index (χ3n) is 2.16. The molecule has 0 bridgehead atoms. The van der Waals surface area contributed by atoms with E-state index in [9.17, 15) is 0 Å². The Bertz CT molecular complexity index is 431. The standard InChI is InChI=1S/C11H8ClNO/c12-9-1-2-10-8(3-5-13)4-6-14-11(10)7-9/h1-3,7H,4,6H2/b8-3+. The number of benzene rings is 1. The first kappa shape index (κ1) is 9.11. The minimum absolute atomic E-state index is 0.612. The van der Waals surface area contributed by atoms with Crippen LogP contribution >= 0.6 is 11.6 Å². The van der Waals surface area contributed by atoms with Gasteiger partial charge in [0.15, 0.2) is 0 Å². The molecule has 0 N–H and O–H groups in total. The number of rotatable bonds is 0. The van der Waals surface area contributed by atoms with E-state index < -0.39 is 0 Å². The van der Waals surface area contributed by atoms with Gasteiger partial charge in [-0.25, -0.2) is 0 Å². The summed E-state index contributed by atoms with van der Waals surface area (Å²) in [5.41, 5.74) is 1.99. The lowest BCUT2D eigenvalue weighted by molar-refractivity contribution is 0.316. The Hall–Kier alpha value is -1.46. The molecule has 0 amide bonds. The minimum atomic E-state index is 0.612. The molecule has 0 unspecified atom stereocenters. The van der Waals surface area contributed by atoms with Crippen LogP contribution in [0.4, 0.5) is 0 Å². The molecule has 1 aromatic carbocycles. The predicted molar refractivity (Wildman–Crippen MR) is 55.2 cm³/mol. The molecule has 1 aliphatic rings. The second kappa shape index (κ2) is 3.73. The van der Waals surface area contributed by atoms with E-state index in [0.717, 1.165) is 23.3 Å². The lowest BCUT2D eigenvalue weighted by Crippen LogP contribution is -2.07. The van der Waals surface area contributed by atoms with Gasteiger partial charge in [-0.05, 0) is 23.8 Å². The summed E-state index contributed by atoms with van der Waals surface area (Å²) in [6, 6.07) is 7.52. The van der Waals surface area contributed by atoms with Crippen LogP contribution in [-0.4, -0.2) is 6.61 Å². The maximum absolute atomic E-state index is 8.61. The number of hydrogen-bond donors (Lipinski definition) is 0. The topological polar surface area (TPSA) is 33.0 Å². The lowest BCUT2D eigenvalue weighted by atomic mass is 10.00. The van der Waals surface area contributed by atoms with Crippen molar-refractivity contribution in [2.45, 2.75) is 6.42 Å². The Morgan fingerprint density at radius 3 is 3.14 bits per heavy atom. The van der Waals surface area contributed by atoms with Gasteiger partial charge >= 0.3 is 0 Å². The minimum Gasteiger partial charge on any atom is -0.493 e. The van der Waals surface area contributed by atoms with Crippen LogP contribution < -0.4 is 4.74 Å². The number of fused-ring (bicyclic) bond motifs is 1. The number of allylic oxidation sites excluding steroid dienone is 1. The molecule has 14 heavy (non-hydrogen) atoms. The highest BCUT2D eigenvalue weighted by molar-refractivity contribution is 6.30. The molecule has 70 valence electrons. The van der Waals surface area contributed by atoms with Crippen molar-refractivity contribution in [3.8, 4) is 11.8 Å². The van der Waals surface area contributed by atoms with Gasteiger partial charge in [0.1, 0.15) is 5.75 Å². The zero-order chi connectivity index (χ0) is 9.97. The van der Waals surface area contributed by atoms with Crippen molar-refractivity contribution in [2.75, 3.05) is 6.61 Å². The maximum atomic E-state index is 8.61. The van der Waals surface area contributed by atoms with Gasteiger partial charge in [0.25, 0.3) is 0 Å². The van der Waals surface area contributed by atoms with E-state index >= 15 is 0 Å². The van der Waals surface area contributed by atoms with Crippen LogP contribution in [0.15, 0.2) is 24.3 Å². The summed E-state index contributed by atoms with van der Waals surface area (Å²) in [6.07, 6.45) is 2.34. The Labute approximate surface area is 87.4 Å². The highest BCUT2D eigenvalue weighted by Crippen LogP contribution is 2.34. The zero-order valence-corrected chi connectivity index (χ0v) is 8.21. The summed E-state index contributed by atoms with van der Waals surface area (Å²) < 4.78 is 5.45. The molecule has 0 radical (unpaired) electrons. The molecule has 0 spiro atoms. The Morgan fingerprint density at radius 1 is 1.50 bits per heavy atom. The van der Waals surface area contributed by atoms with Crippen molar-refractivity contribution in [3.05, 3.63) is 34.9 Å². The van der Waals surface area contributed by atoms with E-state index in [1.54, 1.807) is 18.2 Å². The highest BCUT2D eigenvalue weighted by atomic mass is 35.5. The molecule has 1 aliphatic heterocycles. The van der Waals surface area contributed by atoms with Crippen molar-refractivity contribution >= 4 is 17.2 Å². The van der Waals surface area contributed by atoms with Crippen LogP contribution in [0.3, 0.4) is 0 Å². The Kier molecular flexibility index (Phi) is 2.43. The molecular weight excluding hydrogens is 198 g/mol. The number of hydrogen-bond acceptors (Lipinski definition) is 2. The van der Waals surface area contributed by atoms with Gasteiger partial charge in [-0.1, -0.05) is 11.6 Å². The van der Waals surface area contributed by atoms with Crippen molar-refractivity contribution in [1.29, 1.82) is 5.26 Å². The second-order valence-corrected chi connectivity index (χ2v) is 3.47. The molecule has 0 aliphatic carbocycles. The van der Waals surface area contributed by atoms with E-state index in [2.05, 4.69) is 0 Å². The van der Waals surface area contributed by atoms with Crippen molar-refractivity contribution in [3.63, 3.8) is 0 Å². The third kappa shape index (κ3) is 1.59. The fourth-order valence-electron chi connectivity index (χ4n) is 1.51. The maximum Gasteiger partial charge on any atom is 0.128 e. The van der Waals surface area contributed by atoms with Gasteiger partial charge in [0, 0.05) is 23.1 Å². The summed E-state index contributed by atoms with van der Waals surface area (Å²) >= 11 is 5.84. The largest absolute Gasteiger partial charge is 0.493 e. The van der Waals surface area contributed by atoms with Crippen LogP contribution in [0.25, 0.3) is 5.57 Å². The SMILES string of the molecule is N#C/C=C1\CCOc2cc(Cl)ccc21. The highest BCUT2D eigenvalue weighted by Gasteiger charge is 2.14. The molecule has 2 rings (SSSR count). The molecule has 0 fully saturated rings. The predicted octanol–water partition coefficient (Wildman–Crippen LogP) is 3.03. The van der Waals surface area contributed by atoms with Gasteiger partial charge < -0.3 is 4.74 Å².